The van der Waals surface area contributed by atoms with Crippen molar-refractivity contribution in [2.75, 3.05) is 45.2 Å². The number of hydrogen-bond donors (Lipinski definition) is 1. The van der Waals surface area contributed by atoms with Crippen LogP contribution in [0.25, 0.3) is 22.0 Å². The van der Waals surface area contributed by atoms with Gasteiger partial charge in [-0.15, -0.1) is 0 Å². The number of benzene rings is 2. The summed E-state index contributed by atoms with van der Waals surface area (Å²) in [5.74, 6) is 1.43. The van der Waals surface area contributed by atoms with Crippen molar-refractivity contribution in [1.29, 1.82) is 0 Å². The maximum Gasteiger partial charge on any atom is 0.127 e. The molecule has 0 spiro atoms. The largest absolute Gasteiger partial charge is 0.492 e. The van der Waals surface area contributed by atoms with Crippen LogP contribution in [-0.4, -0.2) is 49.3 Å². The summed E-state index contributed by atoms with van der Waals surface area (Å²) in [6.45, 7) is 5.15. The Bertz CT molecular complexity index is 891. The van der Waals surface area contributed by atoms with Crippen molar-refractivity contribution in [2.24, 2.45) is 0 Å². The minimum absolute atomic E-state index is 0.525. The maximum atomic E-state index is 6.11. The third-order valence-electron chi connectivity index (χ3n) is 4.70. The molecule has 26 heavy (non-hydrogen) atoms. The summed E-state index contributed by atoms with van der Waals surface area (Å²) >= 11 is 0. The Labute approximate surface area is 153 Å². The maximum absolute atomic E-state index is 6.11. The molecule has 1 fully saturated rings. The van der Waals surface area contributed by atoms with Crippen LogP contribution in [0.2, 0.25) is 0 Å². The minimum atomic E-state index is 0.525. The topological polar surface area (TPSA) is 60.6 Å². The molecular weight excluding hydrogens is 326 g/mol. The molecule has 2 aromatic carbocycles. The number of anilines is 1. The highest BCUT2D eigenvalue weighted by Gasteiger charge is 2.12. The molecule has 1 aliphatic rings. The van der Waals surface area contributed by atoms with Crippen LogP contribution >= 0.6 is 0 Å². The van der Waals surface area contributed by atoms with Gasteiger partial charge in [-0.25, -0.2) is 4.98 Å². The second kappa shape index (κ2) is 7.72. The fraction of sp³-hybridized carbons (Fsp3) is 0.286. The molecule has 0 bridgehead atoms. The average molecular weight is 349 g/mol. The molecule has 1 saturated heterocycles. The third kappa shape index (κ3) is 3.64. The van der Waals surface area contributed by atoms with E-state index in [1.54, 1.807) is 6.07 Å². The monoisotopic (exact) mass is 349 g/mol. The Balaban J connectivity index is 1.58. The third-order valence-corrected chi connectivity index (χ3v) is 4.70. The zero-order valence-corrected chi connectivity index (χ0v) is 14.7. The van der Waals surface area contributed by atoms with Crippen LogP contribution in [0.1, 0.15) is 0 Å². The van der Waals surface area contributed by atoms with Gasteiger partial charge in [0.15, 0.2) is 0 Å². The van der Waals surface area contributed by atoms with Gasteiger partial charge in [0.1, 0.15) is 18.2 Å². The van der Waals surface area contributed by atoms with E-state index < -0.39 is 0 Å². The number of hydrogen-bond acceptors (Lipinski definition) is 5. The van der Waals surface area contributed by atoms with Crippen molar-refractivity contribution in [3.05, 3.63) is 54.6 Å². The first-order valence-electron chi connectivity index (χ1n) is 8.99. The molecule has 0 amide bonds. The fourth-order valence-electron chi connectivity index (χ4n) is 3.33. The van der Waals surface area contributed by atoms with Gasteiger partial charge < -0.3 is 15.2 Å². The lowest BCUT2D eigenvalue weighted by atomic mass is 10.0. The lowest BCUT2D eigenvalue weighted by Crippen LogP contribution is -2.38. The molecule has 1 aromatic heterocycles. The van der Waals surface area contributed by atoms with Crippen LogP contribution in [0.5, 0.6) is 5.75 Å². The van der Waals surface area contributed by atoms with E-state index in [4.69, 9.17) is 15.2 Å². The van der Waals surface area contributed by atoms with Crippen LogP contribution < -0.4 is 10.5 Å². The number of fused-ring (bicyclic) bond motifs is 1. The van der Waals surface area contributed by atoms with Crippen LogP contribution in [0, 0.1) is 0 Å². The molecule has 1 aliphatic heterocycles. The molecule has 3 aromatic rings. The van der Waals surface area contributed by atoms with Gasteiger partial charge >= 0.3 is 0 Å². The highest BCUT2D eigenvalue weighted by atomic mass is 16.5. The predicted octanol–water partition coefficient (Wildman–Crippen LogP) is 3.20. The second-order valence-electron chi connectivity index (χ2n) is 6.41. The molecular formula is C21H23N3O2. The lowest BCUT2D eigenvalue weighted by Gasteiger charge is -2.26. The van der Waals surface area contributed by atoms with Gasteiger partial charge in [0.25, 0.3) is 0 Å². The molecule has 4 rings (SSSR count). The SMILES string of the molecule is Nc1cccc(-c2ccc(OCCN3CCOCC3)c3ccccc23)n1. The normalized spacial score (nSPS) is 15.2. The van der Waals surface area contributed by atoms with Crippen LogP contribution in [0.15, 0.2) is 54.6 Å². The first-order valence-corrected chi connectivity index (χ1v) is 8.99. The van der Waals surface area contributed by atoms with E-state index in [0.29, 0.717) is 12.4 Å². The lowest BCUT2D eigenvalue weighted by molar-refractivity contribution is 0.0323. The quantitative estimate of drug-likeness (QED) is 0.766. The zero-order valence-electron chi connectivity index (χ0n) is 14.7. The van der Waals surface area contributed by atoms with Gasteiger partial charge in [-0.05, 0) is 29.7 Å². The van der Waals surface area contributed by atoms with E-state index in [9.17, 15) is 0 Å². The molecule has 2 heterocycles. The Kier molecular flexibility index (Phi) is 5.00. The molecule has 0 saturated carbocycles. The van der Waals surface area contributed by atoms with E-state index in [1.165, 1.54) is 0 Å². The van der Waals surface area contributed by atoms with Gasteiger partial charge in [-0.2, -0.15) is 0 Å². The van der Waals surface area contributed by atoms with E-state index in [2.05, 4.69) is 28.1 Å². The smallest absolute Gasteiger partial charge is 0.127 e. The number of rotatable bonds is 5. The van der Waals surface area contributed by atoms with E-state index in [-0.39, 0.29) is 0 Å². The molecule has 0 aliphatic carbocycles. The first kappa shape index (κ1) is 16.8. The summed E-state index contributed by atoms with van der Waals surface area (Å²) in [7, 11) is 0. The van der Waals surface area contributed by atoms with E-state index in [0.717, 1.165) is 60.6 Å². The minimum Gasteiger partial charge on any atom is -0.492 e. The summed E-state index contributed by atoms with van der Waals surface area (Å²) < 4.78 is 11.5. The number of ether oxygens (including phenoxy) is 2. The van der Waals surface area contributed by atoms with Crippen LogP contribution in [-0.2, 0) is 4.74 Å². The number of aromatic nitrogens is 1. The summed E-state index contributed by atoms with van der Waals surface area (Å²) in [5, 5.41) is 2.21. The van der Waals surface area contributed by atoms with Crippen molar-refractivity contribution in [3.63, 3.8) is 0 Å². The molecule has 0 unspecified atom stereocenters. The Morgan fingerprint density at radius 1 is 0.962 bits per heavy atom. The molecule has 0 atom stereocenters. The summed E-state index contributed by atoms with van der Waals surface area (Å²) in [5.41, 5.74) is 7.80. The number of nitrogen functional groups attached to an aromatic ring is 1. The van der Waals surface area contributed by atoms with E-state index in [1.807, 2.05) is 30.3 Å². The fourth-order valence-corrected chi connectivity index (χ4v) is 3.33. The van der Waals surface area contributed by atoms with Crippen molar-refractivity contribution in [1.82, 2.24) is 9.88 Å². The first-order chi connectivity index (χ1) is 12.8. The average Bonchev–Trinajstić information content (AvgIpc) is 2.69. The van der Waals surface area contributed by atoms with Gasteiger partial charge in [0.05, 0.1) is 18.9 Å². The molecule has 0 radical (unpaired) electrons. The van der Waals surface area contributed by atoms with Crippen molar-refractivity contribution < 1.29 is 9.47 Å². The number of morpholine rings is 1. The number of nitrogens with two attached hydrogens (primary N) is 1. The predicted molar refractivity (Wildman–Crippen MR) is 104 cm³/mol. The number of pyridine rings is 1. The Morgan fingerprint density at radius 3 is 2.58 bits per heavy atom. The Hall–Kier alpha value is -2.63. The van der Waals surface area contributed by atoms with Gasteiger partial charge in [0.2, 0.25) is 0 Å². The summed E-state index contributed by atoms with van der Waals surface area (Å²) in [6.07, 6.45) is 0. The van der Waals surface area contributed by atoms with Crippen molar-refractivity contribution in [3.8, 4) is 17.0 Å². The van der Waals surface area contributed by atoms with Crippen molar-refractivity contribution in [2.45, 2.75) is 0 Å². The summed E-state index contributed by atoms with van der Waals surface area (Å²) in [4.78, 5) is 6.84. The highest BCUT2D eigenvalue weighted by molar-refractivity contribution is 5.99. The molecule has 5 nitrogen and oxygen atoms in total. The van der Waals surface area contributed by atoms with Gasteiger partial charge in [-0.3, -0.25) is 4.90 Å². The molecule has 5 heteroatoms. The molecule has 2 N–H and O–H groups in total. The number of nitrogens with zero attached hydrogens (tertiary/aromatic N) is 2. The second-order valence-corrected chi connectivity index (χ2v) is 6.41. The summed E-state index contributed by atoms with van der Waals surface area (Å²) in [6, 6.07) is 18.1. The van der Waals surface area contributed by atoms with Crippen LogP contribution in [0.4, 0.5) is 5.82 Å². The van der Waals surface area contributed by atoms with Gasteiger partial charge in [-0.1, -0.05) is 30.3 Å². The van der Waals surface area contributed by atoms with Gasteiger partial charge in [0, 0.05) is 30.6 Å². The van der Waals surface area contributed by atoms with Crippen LogP contribution in [0.3, 0.4) is 0 Å². The highest BCUT2D eigenvalue weighted by Crippen LogP contribution is 2.33. The molecule has 134 valence electrons. The zero-order chi connectivity index (χ0) is 17.8. The standard InChI is InChI=1S/C21H23N3O2/c22-21-7-3-6-19(23-21)17-8-9-20(18-5-2-1-4-16(17)18)26-15-12-24-10-13-25-14-11-24/h1-9H,10-15H2,(H2,22,23). The van der Waals surface area contributed by atoms with E-state index >= 15 is 0 Å². The van der Waals surface area contributed by atoms with Crippen molar-refractivity contribution >= 4 is 16.6 Å². The Morgan fingerprint density at radius 2 is 1.77 bits per heavy atom.